The summed E-state index contributed by atoms with van der Waals surface area (Å²) < 4.78 is 5.42. The molecule has 1 aromatic rings. The molecule has 0 unspecified atom stereocenters. The van der Waals surface area contributed by atoms with E-state index in [1.165, 1.54) is 4.90 Å². The predicted molar refractivity (Wildman–Crippen MR) is 110 cm³/mol. The van der Waals surface area contributed by atoms with E-state index in [1.54, 1.807) is 6.07 Å². The van der Waals surface area contributed by atoms with E-state index in [2.05, 4.69) is 5.32 Å². The van der Waals surface area contributed by atoms with Gasteiger partial charge in [-0.15, -0.1) is 0 Å². The summed E-state index contributed by atoms with van der Waals surface area (Å²) in [5.74, 6) is -1.41. The van der Waals surface area contributed by atoms with Crippen molar-refractivity contribution in [3.8, 4) is 0 Å². The predicted octanol–water partition coefficient (Wildman–Crippen LogP) is 3.51. The summed E-state index contributed by atoms with van der Waals surface area (Å²) >= 11 is 11.9. The fraction of sp³-hybridized carbons (Fsp3) is 0.500. The van der Waals surface area contributed by atoms with Crippen molar-refractivity contribution in [3.63, 3.8) is 0 Å². The smallest absolute Gasteiger partial charge is 0.289 e. The molecule has 2 amide bonds. The van der Waals surface area contributed by atoms with Crippen LogP contribution < -0.4 is 5.32 Å². The summed E-state index contributed by atoms with van der Waals surface area (Å²) in [6, 6.07) is 5.54. The van der Waals surface area contributed by atoms with Crippen LogP contribution >= 0.6 is 23.2 Å². The van der Waals surface area contributed by atoms with Crippen molar-refractivity contribution in [2.45, 2.75) is 39.2 Å². The van der Waals surface area contributed by atoms with Crippen LogP contribution in [0, 0.1) is 0 Å². The average molecular weight is 429 g/mol. The molecule has 1 heterocycles. The number of aryl methyl sites for hydroxylation is 1. The summed E-state index contributed by atoms with van der Waals surface area (Å²) in [5, 5.41) is 13.8. The first-order valence-corrected chi connectivity index (χ1v) is 10.1. The molecule has 0 bridgehead atoms. The molecule has 0 atom stereocenters. The lowest BCUT2D eigenvalue weighted by molar-refractivity contribution is -0.128. The summed E-state index contributed by atoms with van der Waals surface area (Å²) in [4.78, 5) is 25.7. The number of aliphatic hydroxyl groups is 1. The Bertz CT molecular complexity index is 750. The van der Waals surface area contributed by atoms with Crippen LogP contribution in [0.4, 0.5) is 0 Å². The number of rotatable bonds is 10. The lowest BCUT2D eigenvalue weighted by atomic mass is 10.1. The molecule has 0 aromatic heterocycles. The lowest BCUT2D eigenvalue weighted by Crippen LogP contribution is -2.33. The van der Waals surface area contributed by atoms with Gasteiger partial charge < -0.3 is 20.1 Å². The number of aliphatic hydroxyl groups excluding tert-OH is 1. The molecule has 6 nitrogen and oxygen atoms in total. The molecule has 2 N–H and O–H groups in total. The molecular formula is C20H26Cl2N2O4. The second-order valence-corrected chi connectivity index (χ2v) is 7.75. The molecule has 0 aliphatic carbocycles. The normalized spacial score (nSPS) is 14.3. The van der Waals surface area contributed by atoms with Crippen molar-refractivity contribution >= 4 is 35.0 Å². The van der Waals surface area contributed by atoms with E-state index in [-0.39, 0.29) is 18.2 Å². The van der Waals surface area contributed by atoms with Crippen molar-refractivity contribution in [1.29, 1.82) is 0 Å². The molecule has 0 radical (unpaired) electrons. The second kappa shape index (κ2) is 10.7. The third kappa shape index (κ3) is 6.40. The molecule has 1 aromatic carbocycles. The van der Waals surface area contributed by atoms with Gasteiger partial charge in [0.25, 0.3) is 11.8 Å². The molecule has 154 valence electrons. The Balaban J connectivity index is 1.72. The van der Waals surface area contributed by atoms with Crippen LogP contribution in [0.15, 0.2) is 29.5 Å². The van der Waals surface area contributed by atoms with Crippen LogP contribution in [0.25, 0.3) is 0 Å². The first-order valence-electron chi connectivity index (χ1n) is 9.34. The number of nitrogens with one attached hydrogen (secondary N) is 1. The molecule has 8 heteroatoms. The minimum absolute atomic E-state index is 0.0610. The molecule has 0 fully saturated rings. The van der Waals surface area contributed by atoms with Crippen LogP contribution in [-0.4, -0.2) is 54.2 Å². The third-order valence-electron chi connectivity index (χ3n) is 4.37. The number of benzene rings is 1. The number of carbonyl (C=O) groups is 2. The third-order valence-corrected chi connectivity index (χ3v) is 5.11. The van der Waals surface area contributed by atoms with Gasteiger partial charge in [0, 0.05) is 13.1 Å². The van der Waals surface area contributed by atoms with E-state index in [4.69, 9.17) is 27.9 Å². The van der Waals surface area contributed by atoms with E-state index >= 15 is 0 Å². The summed E-state index contributed by atoms with van der Waals surface area (Å²) in [7, 11) is 0. The maximum absolute atomic E-state index is 12.3. The van der Waals surface area contributed by atoms with Gasteiger partial charge in [-0.1, -0.05) is 29.3 Å². The van der Waals surface area contributed by atoms with Crippen LogP contribution in [0.5, 0.6) is 0 Å². The van der Waals surface area contributed by atoms with E-state index < -0.39 is 17.6 Å². The van der Waals surface area contributed by atoms with Crippen molar-refractivity contribution in [3.05, 3.63) is 45.1 Å². The Hall–Kier alpha value is -1.76. The van der Waals surface area contributed by atoms with Gasteiger partial charge in [0.05, 0.1) is 34.9 Å². The lowest BCUT2D eigenvalue weighted by Gasteiger charge is -2.17. The fourth-order valence-electron chi connectivity index (χ4n) is 2.83. The standard InChI is InChI=1S/C20H26Cl2N2O4/c1-13(2)28-10-9-24-12-15(18(25)20(24)27)19(26)23-8-4-3-5-14-6-7-16(21)17(22)11-14/h6-7,11,13,25H,3-5,8-10,12H2,1-2H3,(H,23,26). The van der Waals surface area contributed by atoms with Gasteiger partial charge in [0.15, 0.2) is 5.76 Å². The van der Waals surface area contributed by atoms with Gasteiger partial charge in [0.2, 0.25) is 0 Å². The molecule has 0 spiro atoms. The number of hydrogen-bond acceptors (Lipinski definition) is 4. The first kappa shape index (κ1) is 22.5. The summed E-state index contributed by atoms with van der Waals surface area (Å²) in [6.07, 6.45) is 2.51. The second-order valence-electron chi connectivity index (χ2n) is 6.93. The topological polar surface area (TPSA) is 78.9 Å². The highest BCUT2D eigenvalue weighted by molar-refractivity contribution is 6.42. The largest absolute Gasteiger partial charge is 0.503 e. The van der Waals surface area contributed by atoms with Crippen LogP contribution in [0.2, 0.25) is 10.0 Å². The van der Waals surface area contributed by atoms with Gasteiger partial charge >= 0.3 is 0 Å². The summed E-state index contributed by atoms with van der Waals surface area (Å²) in [5.41, 5.74) is 1.20. The zero-order valence-corrected chi connectivity index (χ0v) is 17.6. The zero-order valence-electron chi connectivity index (χ0n) is 16.1. The average Bonchev–Trinajstić information content (AvgIpc) is 2.92. The fourth-order valence-corrected chi connectivity index (χ4v) is 3.15. The molecule has 28 heavy (non-hydrogen) atoms. The SMILES string of the molecule is CC(C)OCCN1CC(C(=O)NCCCCc2ccc(Cl)c(Cl)c2)=C(O)C1=O. The Kier molecular flexibility index (Phi) is 8.60. The Morgan fingerprint density at radius 2 is 2.04 bits per heavy atom. The maximum Gasteiger partial charge on any atom is 0.289 e. The minimum Gasteiger partial charge on any atom is -0.503 e. The molecule has 0 saturated heterocycles. The number of hydrogen-bond donors (Lipinski definition) is 2. The highest BCUT2D eigenvalue weighted by Crippen LogP contribution is 2.23. The van der Waals surface area contributed by atoms with Gasteiger partial charge in [-0.05, 0) is 50.8 Å². The highest BCUT2D eigenvalue weighted by atomic mass is 35.5. The minimum atomic E-state index is -0.530. The van der Waals surface area contributed by atoms with E-state index in [0.29, 0.717) is 29.7 Å². The maximum atomic E-state index is 12.3. The van der Waals surface area contributed by atoms with E-state index in [1.807, 2.05) is 26.0 Å². The quantitative estimate of drug-likeness (QED) is 0.558. The Morgan fingerprint density at radius 1 is 1.29 bits per heavy atom. The van der Waals surface area contributed by atoms with Crippen molar-refractivity contribution < 1.29 is 19.4 Å². The van der Waals surface area contributed by atoms with Crippen molar-refractivity contribution in [2.24, 2.45) is 0 Å². The number of carbonyl (C=O) groups excluding carboxylic acids is 2. The van der Waals surface area contributed by atoms with Gasteiger partial charge in [-0.2, -0.15) is 0 Å². The van der Waals surface area contributed by atoms with E-state index in [9.17, 15) is 14.7 Å². The molecule has 2 rings (SSSR count). The molecule has 0 saturated carbocycles. The molecular weight excluding hydrogens is 403 g/mol. The van der Waals surface area contributed by atoms with Crippen molar-refractivity contribution in [2.75, 3.05) is 26.2 Å². The zero-order chi connectivity index (χ0) is 20.7. The number of halogens is 2. The molecule has 1 aliphatic heterocycles. The Morgan fingerprint density at radius 3 is 2.71 bits per heavy atom. The number of nitrogens with zero attached hydrogens (tertiary/aromatic N) is 1. The van der Waals surface area contributed by atoms with Gasteiger partial charge in [-0.25, -0.2) is 0 Å². The number of ether oxygens (including phenoxy) is 1. The van der Waals surface area contributed by atoms with Crippen LogP contribution in [-0.2, 0) is 20.7 Å². The first-order chi connectivity index (χ1) is 13.3. The van der Waals surface area contributed by atoms with Gasteiger partial charge in [-0.3, -0.25) is 9.59 Å². The van der Waals surface area contributed by atoms with Crippen LogP contribution in [0.3, 0.4) is 0 Å². The highest BCUT2D eigenvalue weighted by Gasteiger charge is 2.33. The number of unbranched alkanes of at least 4 members (excludes halogenated alkanes) is 1. The summed E-state index contributed by atoms with van der Waals surface area (Å²) in [6.45, 7) is 5.06. The number of amides is 2. The van der Waals surface area contributed by atoms with Crippen LogP contribution in [0.1, 0.15) is 32.3 Å². The monoisotopic (exact) mass is 428 g/mol. The molecule has 1 aliphatic rings. The van der Waals surface area contributed by atoms with E-state index in [0.717, 1.165) is 24.8 Å². The Labute approximate surface area is 175 Å². The van der Waals surface area contributed by atoms with Gasteiger partial charge in [0.1, 0.15) is 0 Å². The van der Waals surface area contributed by atoms with Crippen molar-refractivity contribution in [1.82, 2.24) is 10.2 Å².